The number of hydrogen-bond donors (Lipinski definition) is 3. The van der Waals surface area contributed by atoms with Gasteiger partial charge in [0.05, 0.1) is 6.10 Å². The lowest BCUT2D eigenvalue weighted by Gasteiger charge is -2.14. The SMILES string of the molecule is CCNC(=NCC(=O)Nc1ccccc1)NCC1CCCO1.I. The van der Waals surface area contributed by atoms with Crippen molar-refractivity contribution in [1.82, 2.24) is 10.6 Å². The molecule has 1 fully saturated rings. The van der Waals surface area contributed by atoms with Gasteiger partial charge < -0.3 is 20.7 Å². The van der Waals surface area contributed by atoms with Gasteiger partial charge in [0, 0.05) is 25.4 Å². The Bertz CT molecular complexity index is 490. The number of halogens is 1. The second-order valence-corrected chi connectivity index (χ2v) is 5.13. The van der Waals surface area contributed by atoms with E-state index >= 15 is 0 Å². The molecule has 0 radical (unpaired) electrons. The van der Waals surface area contributed by atoms with Crippen LogP contribution in [0.2, 0.25) is 0 Å². The van der Waals surface area contributed by atoms with Crippen molar-refractivity contribution >= 4 is 41.5 Å². The van der Waals surface area contributed by atoms with E-state index in [9.17, 15) is 4.79 Å². The third kappa shape index (κ3) is 7.65. The van der Waals surface area contributed by atoms with E-state index in [0.29, 0.717) is 12.5 Å². The Morgan fingerprint density at radius 1 is 1.30 bits per heavy atom. The maximum absolute atomic E-state index is 11.9. The Labute approximate surface area is 154 Å². The predicted octanol–water partition coefficient (Wildman–Crippen LogP) is 1.98. The fourth-order valence-corrected chi connectivity index (χ4v) is 2.23. The number of guanidine groups is 1. The Morgan fingerprint density at radius 3 is 2.74 bits per heavy atom. The van der Waals surface area contributed by atoms with Crippen molar-refractivity contribution in [2.45, 2.75) is 25.9 Å². The molecule has 1 aromatic rings. The number of nitrogens with zero attached hydrogens (tertiary/aromatic N) is 1. The van der Waals surface area contributed by atoms with Gasteiger partial charge in [-0.2, -0.15) is 0 Å². The minimum Gasteiger partial charge on any atom is -0.376 e. The van der Waals surface area contributed by atoms with Crippen molar-refractivity contribution in [3.05, 3.63) is 30.3 Å². The molecule has 6 nitrogen and oxygen atoms in total. The smallest absolute Gasteiger partial charge is 0.246 e. The molecule has 1 atom stereocenters. The number of amides is 1. The quantitative estimate of drug-likeness (QED) is 0.365. The van der Waals surface area contributed by atoms with E-state index in [1.807, 2.05) is 37.3 Å². The average molecular weight is 432 g/mol. The van der Waals surface area contributed by atoms with Crippen molar-refractivity contribution in [3.63, 3.8) is 0 Å². The molecule has 0 saturated carbocycles. The van der Waals surface area contributed by atoms with E-state index in [-0.39, 0.29) is 42.5 Å². The molecule has 1 aliphatic rings. The van der Waals surface area contributed by atoms with Crippen LogP contribution in [0.4, 0.5) is 5.69 Å². The van der Waals surface area contributed by atoms with Gasteiger partial charge in [-0.3, -0.25) is 4.79 Å². The van der Waals surface area contributed by atoms with Crippen molar-refractivity contribution < 1.29 is 9.53 Å². The summed E-state index contributed by atoms with van der Waals surface area (Å²) in [6.45, 7) is 4.37. The topological polar surface area (TPSA) is 74.8 Å². The van der Waals surface area contributed by atoms with Gasteiger partial charge in [-0.15, -0.1) is 24.0 Å². The molecule has 1 saturated heterocycles. The van der Waals surface area contributed by atoms with Gasteiger partial charge in [-0.05, 0) is 31.9 Å². The van der Waals surface area contributed by atoms with Crippen molar-refractivity contribution in [1.29, 1.82) is 0 Å². The van der Waals surface area contributed by atoms with Crippen LogP contribution in [0.3, 0.4) is 0 Å². The predicted molar refractivity (Wildman–Crippen MR) is 103 cm³/mol. The molecule has 2 rings (SSSR count). The summed E-state index contributed by atoms with van der Waals surface area (Å²) in [4.78, 5) is 16.2. The summed E-state index contributed by atoms with van der Waals surface area (Å²) in [6, 6.07) is 9.37. The Kier molecular flexibility index (Phi) is 9.61. The Balaban J connectivity index is 0.00000264. The minimum atomic E-state index is -0.138. The summed E-state index contributed by atoms with van der Waals surface area (Å²) in [5.74, 6) is 0.502. The van der Waals surface area contributed by atoms with Crippen LogP contribution in [0.5, 0.6) is 0 Å². The van der Waals surface area contributed by atoms with Crippen LogP contribution in [-0.2, 0) is 9.53 Å². The van der Waals surface area contributed by atoms with Gasteiger partial charge in [0.1, 0.15) is 6.54 Å². The molecule has 0 aromatic heterocycles. The van der Waals surface area contributed by atoms with E-state index in [0.717, 1.165) is 31.7 Å². The van der Waals surface area contributed by atoms with Crippen LogP contribution in [0, 0.1) is 0 Å². The third-order valence-electron chi connectivity index (χ3n) is 3.30. The van der Waals surface area contributed by atoms with Gasteiger partial charge in [0.2, 0.25) is 5.91 Å². The number of para-hydroxylation sites is 1. The molecule has 3 N–H and O–H groups in total. The second-order valence-electron chi connectivity index (χ2n) is 5.13. The molecule has 0 bridgehead atoms. The lowest BCUT2D eigenvalue weighted by Crippen LogP contribution is -2.41. The maximum atomic E-state index is 11.9. The highest BCUT2D eigenvalue weighted by Crippen LogP contribution is 2.10. The fraction of sp³-hybridized carbons (Fsp3) is 0.500. The molecule has 1 heterocycles. The van der Waals surface area contributed by atoms with Gasteiger partial charge >= 0.3 is 0 Å². The maximum Gasteiger partial charge on any atom is 0.246 e. The number of aliphatic imine (C=N–C) groups is 1. The van der Waals surface area contributed by atoms with Crippen LogP contribution in [0.15, 0.2) is 35.3 Å². The number of nitrogens with one attached hydrogen (secondary N) is 3. The van der Waals surface area contributed by atoms with Crippen LogP contribution in [-0.4, -0.2) is 44.2 Å². The summed E-state index contributed by atoms with van der Waals surface area (Å²) in [5.41, 5.74) is 0.778. The zero-order valence-corrected chi connectivity index (χ0v) is 15.7. The first-order valence-electron chi connectivity index (χ1n) is 7.76. The van der Waals surface area contributed by atoms with E-state index in [2.05, 4.69) is 20.9 Å². The molecule has 7 heteroatoms. The zero-order chi connectivity index (χ0) is 15.6. The van der Waals surface area contributed by atoms with Crippen molar-refractivity contribution in [2.75, 3.05) is 31.6 Å². The van der Waals surface area contributed by atoms with Gasteiger partial charge in [0.25, 0.3) is 0 Å². The van der Waals surface area contributed by atoms with E-state index in [1.165, 1.54) is 0 Å². The second kappa shape index (κ2) is 11.2. The van der Waals surface area contributed by atoms with Crippen molar-refractivity contribution in [2.24, 2.45) is 4.99 Å². The fourth-order valence-electron chi connectivity index (χ4n) is 2.23. The molecular formula is C16H25IN4O2. The number of rotatable bonds is 6. The molecule has 0 aliphatic carbocycles. The Morgan fingerprint density at radius 2 is 2.09 bits per heavy atom. The van der Waals surface area contributed by atoms with Crippen LogP contribution < -0.4 is 16.0 Å². The molecular weight excluding hydrogens is 407 g/mol. The van der Waals surface area contributed by atoms with E-state index < -0.39 is 0 Å². The first kappa shape index (κ1) is 19.7. The molecule has 1 aliphatic heterocycles. The zero-order valence-electron chi connectivity index (χ0n) is 13.4. The molecule has 1 aromatic carbocycles. The summed E-state index contributed by atoms with van der Waals surface area (Å²) >= 11 is 0. The van der Waals surface area contributed by atoms with Crippen LogP contribution in [0.1, 0.15) is 19.8 Å². The van der Waals surface area contributed by atoms with Gasteiger partial charge in [0.15, 0.2) is 5.96 Å². The normalized spacial score (nSPS) is 17.3. The third-order valence-corrected chi connectivity index (χ3v) is 3.30. The molecule has 0 spiro atoms. The standard InChI is InChI=1S/C16H24N4O2.HI/c1-2-17-16(18-11-14-9-6-10-22-14)19-12-15(21)20-13-7-4-3-5-8-13;/h3-5,7-8,14H,2,6,9-12H2,1H3,(H,20,21)(H2,17,18,19);1H. The summed E-state index contributed by atoms with van der Waals surface area (Å²) in [5, 5.41) is 9.16. The summed E-state index contributed by atoms with van der Waals surface area (Å²) in [7, 11) is 0. The lowest BCUT2D eigenvalue weighted by molar-refractivity contribution is -0.114. The first-order valence-corrected chi connectivity index (χ1v) is 7.76. The highest BCUT2D eigenvalue weighted by molar-refractivity contribution is 14.0. The number of ether oxygens (including phenoxy) is 1. The highest BCUT2D eigenvalue weighted by Gasteiger charge is 2.15. The number of carbonyl (C=O) groups is 1. The Hall–Kier alpha value is -1.35. The van der Waals surface area contributed by atoms with Crippen molar-refractivity contribution in [3.8, 4) is 0 Å². The summed E-state index contributed by atoms with van der Waals surface area (Å²) in [6.07, 6.45) is 2.42. The largest absolute Gasteiger partial charge is 0.376 e. The number of benzene rings is 1. The van der Waals surface area contributed by atoms with E-state index in [1.54, 1.807) is 0 Å². The average Bonchev–Trinajstić information content (AvgIpc) is 3.04. The summed E-state index contributed by atoms with van der Waals surface area (Å²) < 4.78 is 5.56. The minimum absolute atomic E-state index is 0. The molecule has 1 unspecified atom stereocenters. The molecule has 23 heavy (non-hydrogen) atoms. The van der Waals surface area contributed by atoms with Crippen LogP contribution in [0.25, 0.3) is 0 Å². The monoisotopic (exact) mass is 432 g/mol. The highest BCUT2D eigenvalue weighted by atomic mass is 127. The van der Waals surface area contributed by atoms with Gasteiger partial charge in [-0.1, -0.05) is 18.2 Å². The lowest BCUT2D eigenvalue weighted by atomic mass is 10.2. The molecule has 1 amide bonds. The van der Waals surface area contributed by atoms with Gasteiger partial charge in [-0.25, -0.2) is 4.99 Å². The number of carbonyl (C=O) groups excluding carboxylic acids is 1. The first-order chi connectivity index (χ1) is 10.8. The van der Waals surface area contributed by atoms with E-state index in [4.69, 9.17) is 4.74 Å². The van der Waals surface area contributed by atoms with Crippen LogP contribution >= 0.6 is 24.0 Å². The number of anilines is 1. The number of hydrogen-bond acceptors (Lipinski definition) is 3. The molecule has 128 valence electrons.